The van der Waals surface area contributed by atoms with Gasteiger partial charge in [0.25, 0.3) is 0 Å². The standard InChI is InChI=1S/C43H53NO14/c1-22-26(55-37(51)32(48)30(24-15-11-9-12-16-24)44-38(52)58-39(3,4)5)20-43(53)35(56-36(50)25-17-13-10-14-18-25)33-41(8,34(49)31(47)29(22)40(43,6)7)27(46)19-28-42(33,21-54-28)57-23(2)45/h9-18,26-28,30-33,35,46-48,53H,19-21H2,1-8H3,(H,44,52)/t26-,27-,28+,30-,31+,32+,33-,35-,41+,42-,43+/m1/s1/i3D3,4D3,5D3. The van der Waals surface area contributed by atoms with E-state index < -0.39 is 140 Å². The molecule has 0 unspecified atom stereocenters. The van der Waals surface area contributed by atoms with Crippen molar-refractivity contribution < 1.29 is 80.4 Å². The van der Waals surface area contributed by atoms with Crippen LogP contribution in [0, 0.1) is 16.7 Å². The molecule has 0 aromatic heterocycles. The van der Waals surface area contributed by atoms with E-state index in [2.05, 4.69) is 0 Å². The number of aliphatic hydroxyl groups is 4. The number of ketones is 1. The molecule has 1 amide bonds. The maximum Gasteiger partial charge on any atom is 0.408 e. The van der Waals surface area contributed by atoms with Gasteiger partial charge in [-0.15, -0.1) is 0 Å². The van der Waals surface area contributed by atoms with Crippen molar-refractivity contribution in [1.82, 2.24) is 5.32 Å². The number of aliphatic hydroxyl groups excluding tert-OH is 3. The van der Waals surface area contributed by atoms with Gasteiger partial charge in [0.2, 0.25) is 0 Å². The number of fused-ring (bicyclic) bond motifs is 5. The molecule has 15 nitrogen and oxygen atoms in total. The predicted octanol–water partition coefficient (Wildman–Crippen LogP) is 3.26. The normalized spacial score (nSPS) is 36.6. The molecule has 5 N–H and O–H groups in total. The molecule has 4 aliphatic rings. The third-order valence-electron chi connectivity index (χ3n) is 12.4. The molecule has 1 heterocycles. The van der Waals surface area contributed by atoms with Crippen LogP contribution in [0.25, 0.3) is 0 Å². The number of hydrogen-bond acceptors (Lipinski definition) is 14. The van der Waals surface area contributed by atoms with Crippen molar-refractivity contribution in [3.8, 4) is 0 Å². The summed E-state index contributed by atoms with van der Waals surface area (Å²) in [6, 6.07) is 12.4. The molecule has 2 aromatic carbocycles. The van der Waals surface area contributed by atoms with Crippen LogP contribution in [-0.2, 0) is 38.1 Å². The van der Waals surface area contributed by atoms with E-state index in [0.717, 1.165) is 6.92 Å². The second-order valence-electron chi connectivity index (χ2n) is 16.1. The summed E-state index contributed by atoms with van der Waals surface area (Å²) in [4.78, 5) is 69.9. The Balaban J connectivity index is 1.46. The molecular formula is C43H53NO14. The first-order chi connectivity index (χ1) is 30.7. The number of hydrogen-bond donors (Lipinski definition) is 5. The molecule has 1 saturated heterocycles. The highest BCUT2D eigenvalue weighted by atomic mass is 16.6. The smallest absolute Gasteiger partial charge is 0.408 e. The number of alkyl carbamates (subject to hydrolysis) is 1. The van der Waals surface area contributed by atoms with E-state index in [-0.39, 0.29) is 28.7 Å². The average molecular weight is 817 g/mol. The van der Waals surface area contributed by atoms with E-state index in [1.54, 1.807) is 6.07 Å². The van der Waals surface area contributed by atoms with Gasteiger partial charge in [-0.2, -0.15) is 0 Å². The van der Waals surface area contributed by atoms with Gasteiger partial charge in [-0.1, -0.05) is 62.4 Å². The molecule has 2 aromatic rings. The zero-order valence-electron chi connectivity index (χ0n) is 41.4. The monoisotopic (exact) mass is 816 g/mol. The lowest BCUT2D eigenvalue weighted by Gasteiger charge is -2.67. The molecule has 11 atom stereocenters. The van der Waals surface area contributed by atoms with E-state index in [1.165, 1.54) is 82.3 Å². The van der Waals surface area contributed by atoms with Crippen LogP contribution in [-0.4, -0.2) is 110 Å². The van der Waals surface area contributed by atoms with Crippen LogP contribution in [0.15, 0.2) is 71.8 Å². The van der Waals surface area contributed by atoms with Crippen LogP contribution in [0.5, 0.6) is 0 Å². The van der Waals surface area contributed by atoms with Gasteiger partial charge in [-0.3, -0.25) is 9.59 Å². The molecule has 3 aliphatic carbocycles. The van der Waals surface area contributed by atoms with Crippen LogP contribution in [0.4, 0.5) is 4.79 Å². The Labute approximate surface area is 349 Å². The molecule has 314 valence electrons. The summed E-state index contributed by atoms with van der Waals surface area (Å²) < 4.78 is 99.2. The van der Waals surface area contributed by atoms with Crippen LogP contribution >= 0.6 is 0 Å². The number of nitrogens with one attached hydrogen (secondary N) is 1. The van der Waals surface area contributed by atoms with E-state index in [1.807, 2.05) is 5.32 Å². The highest BCUT2D eigenvalue weighted by molar-refractivity contribution is 5.94. The molecule has 2 bridgehead atoms. The molecular weight excluding hydrogens is 754 g/mol. The second-order valence-corrected chi connectivity index (χ2v) is 16.1. The summed E-state index contributed by atoms with van der Waals surface area (Å²) in [5.41, 5.74) is -12.8. The van der Waals surface area contributed by atoms with Gasteiger partial charge in [0, 0.05) is 37.5 Å². The first kappa shape index (κ1) is 32.2. The fourth-order valence-corrected chi connectivity index (χ4v) is 9.42. The Morgan fingerprint density at radius 1 is 0.983 bits per heavy atom. The molecule has 6 rings (SSSR count). The van der Waals surface area contributed by atoms with Crippen LogP contribution in [0.3, 0.4) is 0 Å². The first-order valence-corrected chi connectivity index (χ1v) is 18.6. The molecule has 58 heavy (non-hydrogen) atoms. The van der Waals surface area contributed by atoms with Crippen molar-refractivity contribution in [2.24, 2.45) is 16.7 Å². The fraction of sp³-hybridized carbons (Fsp3) is 0.558. The highest BCUT2D eigenvalue weighted by Gasteiger charge is 2.78. The number of carbonyl (C=O) groups excluding carboxylic acids is 5. The van der Waals surface area contributed by atoms with Crippen LogP contribution in [0.2, 0.25) is 0 Å². The third kappa shape index (κ3) is 7.10. The van der Waals surface area contributed by atoms with Crippen molar-refractivity contribution in [2.75, 3.05) is 6.61 Å². The minimum Gasteiger partial charge on any atom is -0.456 e. The average Bonchev–Trinajstić information content (AvgIpc) is 3.22. The summed E-state index contributed by atoms with van der Waals surface area (Å²) >= 11 is 0. The summed E-state index contributed by atoms with van der Waals surface area (Å²) in [6.07, 6.45) is -14.1. The fourth-order valence-electron chi connectivity index (χ4n) is 9.42. The van der Waals surface area contributed by atoms with Gasteiger partial charge in [-0.05, 0) is 63.2 Å². The molecule has 15 heteroatoms. The number of benzene rings is 2. The Morgan fingerprint density at radius 3 is 2.17 bits per heavy atom. The number of Topliss-reactive ketones (excluding diaryl/α,β-unsaturated/α-hetero) is 1. The first-order valence-electron chi connectivity index (χ1n) is 23.1. The van der Waals surface area contributed by atoms with Gasteiger partial charge in [0.1, 0.15) is 35.6 Å². The topological polar surface area (TPSA) is 224 Å². The van der Waals surface area contributed by atoms with Crippen molar-refractivity contribution in [3.05, 3.63) is 82.9 Å². The zero-order valence-corrected chi connectivity index (χ0v) is 32.4. The summed E-state index contributed by atoms with van der Waals surface area (Å²) in [5.74, 6) is -6.15. The van der Waals surface area contributed by atoms with E-state index in [0.29, 0.717) is 0 Å². The molecule has 0 spiro atoms. The van der Waals surface area contributed by atoms with Crippen LogP contribution < -0.4 is 5.32 Å². The van der Waals surface area contributed by atoms with Crippen molar-refractivity contribution in [1.29, 1.82) is 0 Å². The van der Waals surface area contributed by atoms with Gasteiger partial charge < -0.3 is 49.4 Å². The Bertz CT molecular complexity index is 2270. The predicted molar refractivity (Wildman–Crippen MR) is 204 cm³/mol. The Hall–Kier alpha value is -4.67. The maximum absolute atomic E-state index is 15.0. The Morgan fingerprint density at radius 2 is 1.60 bits per heavy atom. The van der Waals surface area contributed by atoms with E-state index >= 15 is 4.79 Å². The second kappa shape index (κ2) is 15.2. The minimum absolute atomic E-state index is 0.0148. The van der Waals surface area contributed by atoms with Gasteiger partial charge >= 0.3 is 24.0 Å². The SMILES string of the molecule is [2H]C([2H])([2H])C(OC(=O)N[C@H](c1ccccc1)[C@H](O)C(=O)O[C@@H]1C[C@]2(O)[C@H](OC(=O)c3ccccc3)[C@H]3[C@@]4(OC(C)=O)CO[C@H]4C[C@@H](O)[C@]3(C)C(=O)[C@@H](O)C(=C1C)C2(C)C)(C([2H])([2H])[2H])C([2H])([2H])[2H]. The molecule has 3 fully saturated rings. The van der Waals surface area contributed by atoms with Crippen molar-refractivity contribution >= 4 is 29.8 Å². The quantitative estimate of drug-likeness (QED) is 0.147. The number of carbonyl (C=O) groups is 5. The minimum atomic E-state index is -4.10. The number of amides is 1. The zero-order chi connectivity index (χ0) is 50.2. The summed E-state index contributed by atoms with van der Waals surface area (Å²) in [5, 5.41) is 51.3. The molecule has 0 radical (unpaired) electrons. The Kier molecular flexibility index (Phi) is 8.43. The third-order valence-corrected chi connectivity index (χ3v) is 12.4. The number of esters is 3. The van der Waals surface area contributed by atoms with Gasteiger partial charge in [-0.25, -0.2) is 14.4 Å². The van der Waals surface area contributed by atoms with Gasteiger partial charge in [0.05, 0.1) is 35.6 Å². The molecule has 2 saturated carbocycles. The van der Waals surface area contributed by atoms with Crippen molar-refractivity contribution in [3.63, 3.8) is 0 Å². The number of rotatable bonds is 8. The molecule has 1 aliphatic heterocycles. The van der Waals surface area contributed by atoms with E-state index in [9.17, 15) is 39.6 Å². The largest absolute Gasteiger partial charge is 0.456 e. The summed E-state index contributed by atoms with van der Waals surface area (Å²) in [6.45, 7) is -5.70. The number of ether oxygens (including phenoxy) is 5. The lowest BCUT2D eigenvalue weighted by atomic mass is 9.44. The lowest BCUT2D eigenvalue weighted by Crippen LogP contribution is -2.81. The highest BCUT2D eigenvalue weighted by Crippen LogP contribution is 2.64. The van der Waals surface area contributed by atoms with Crippen molar-refractivity contribution in [2.45, 2.75) is 127 Å². The van der Waals surface area contributed by atoms with E-state index in [4.69, 9.17) is 36.0 Å². The maximum atomic E-state index is 15.0. The van der Waals surface area contributed by atoms with Crippen LogP contribution in [0.1, 0.15) is 102 Å². The van der Waals surface area contributed by atoms with Gasteiger partial charge in [0.15, 0.2) is 17.5 Å². The summed E-state index contributed by atoms with van der Waals surface area (Å²) in [7, 11) is 0. The lowest BCUT2D eigenvalue weighted by molar-refractivity contribution is -0.346.